The molecule has 0 unspecified atom stereocenters. The van der Waals surface area contributed by atoms with Gasteiger partial charge in [-0.1, -0.05) is 19.8 Å². The number of hydrogen-bond acceptors (Lipinski definition) is 4. The molecule has 0 amide bonds. The third-order valence-electron chi connectivity index (χ3n) is 4.78. The highest BCUT2D eigenvalue weighted by Crippen LogP contribution is 2.27. The molecule has 2 atom stereocenters. The number of imidazole rings is 1. The predicted octanol–water partition coefficient (Wildman–Crippen LogP) is 3.78. The van der Waals surface area contributed by atoms with Gasteiger partial charge in [0.15, 0.2) is 5.65 Å². The fraction of sp³-hybridized carbons (Fsp3) is 0.389. The third-order valence-corrected chi connectivity index (χ3v) is 4.78. The van der Waals surface area contributed by atoms with Gasteiger partial charge in [0, 0.05) is 24.0 Å². The average molecular weight is 307 g/mol. The highest BCUT2D eigenvalue weighted by atomic mass is 15.3. The van der Waals surface area contributed by atoms with Gasteiger partial charge in [0.05, 0.1) is 11.9 Å². The third kappa shape index (κ3) is 2.79. The lowest BCUT2D eigenvalue weighted by atomic mass is 9.86. The Balaban J connectivity index is 1.67. The molecule has 3 heterocycles. The van der Waals surface area contributed by atoms with E-state index in [0.717, 1.165) is 22.7 Å². The van der Waals surface area contributed by atoms with Crippen LogP contribution in [0.2, 0.25) is 0 Å². The topological polar surface area (TPSA) is 55.1 Å². The molecule has 3 aromatic heterocycles. The predicted molar refractivity (Wildman–Crippen MR) is 91.3 cm³/mol. The molecule has 3 aromatic rings. The van der Waals surface area contributed by atoms with Crippen molar-refractivity contribution in [3.63, 3.8) is 0 Å². The Morgan fingerprint density at radius 1 is 1.09 bits per heavy atom. The second kappa shape index (κ2) is 5.99. The number of rotatable bonds is 3. The van der Waals surface area contributed by atoms with Crippen LogP contribution in [0.5, 0.6) is 0 Å². The second-order valence-corrected chi connectivity index (χ2v) is 6.38. The summed E-state index contributed by atoms with van der Waals surface area (Å²) in [5.41, 5.74) is 2.92. The number of nitrogens with zero attached hydrogens (tertiary/aromatic N) is 4. The molecule has 1 saturated carbocycles. The van der Waals surface area contributed by atoms with E-state index >= 15 is 0 Å². The minimum Gasteiger partial charge on any atom is -0.366 e. The van der Waals surface area contributed by atoms with E-state index in [9.17, 15) is 0 Å². The molecular weight excluding hydrogens is 286 g/mol. The van der Waals surface area contributed by atoms with Crippen molar-refractivity contribution in [1.29, 1.82) is 0 Å². The monoisotopic (exact) mass is 307 g/mol. The molecule has 1 aliphatic rings. The normalized spacial score (nSPS) is 21.4. The Morgan fingerprint density at radius 3 is 2.74 bits per heavy atom. The molecule has 0 saturated heterocycles. The van der Waals surface area contributed by atoms with Gasteiger partial charge >= 0.3 is 0 Å². The quantitative estimate of drug-likeness (QED) is 0.800. The zero-order valence-corrected chi connectivity index (χ0v) is 13.3. The van der Waals surface area contributed by atoms with Crippen LogP contribution >= 0.6 is 0 Å². The lowest BCUT2D eigenvalue weighted by molar-refractivity contribution is 0.348. The first-order valence-electron chi connectivity index (χ1n) is 8.33. The highest BCUT2D eigenvalue weighted by Gasteiger charge is 2.21. The fourth-order valence-electron chi connectivity index (χ4n) is 3.39. The lowest BCUT2D eigenvalue weighted by Gasteiger charge is -2.29. The van der Waals surface area contributed by atoms with Crippen molar-refractivity contribution in [2.24, 2.45) is 5.92 Å². The van der Waals surface area contributed by atoms with Gasteiger partial charge in [-0.3, -0.25) is 4.98 Å². The van der Waals surface area contributed by atoms with Gasteiger partial charge in [-0.25, -0.2) is 9.50 Å². The fourth-order valence-corrected chi connectivity index (χ4v) is 3.39. The van der Waals surface area contributed by atoms with E-state index in [4.69, 9.17) is 5.10 Å². The van der Waals surface area contributed by atoms with Crippen molar-refractivity contribution in [3.05, 3.63) is 42.9 Å². The number of pyridine rings is 1. The number of hydrogen-bond donors (Lipinski definition) is 1. The lowest BCUT2D eigenvalue weighted by Crippen LogP contribution is -2.30. The van der Waals surface area contributed by atoms with Gasteiger partial charge in [-0.2, -0.15) is 0 Å². The summed E-state index contributed by atoms with van der Waals surface area (Å²) >= 11 is 0. The molecule has 1 fully saturated rings. The molecule has 1 N–H and O–H groups in total. The maximum atomic E-state index is 4.76. The first-order chi connectivity index (χ1) is 11.3. The molecule has 0 bridgehead atoms. The average Bonchev–Trinajstić information content (AvgIpc) is 3.01. The van der Waals surface area contributed by atoms with Crippen LogP contribution in [0.1, 0.15) is 32.6 Å². The molecule has 4 rings (SSSR count). The summed E-state index contributed by atoms with van der Waals surface area (Å²) in [7, 11) is 0. The van der Waals surface area contributed by atoms with Crippen molar-refractivity contribution in [3.8, 4) is 11.3 Å². The minimum atomic E-state index is 0.515. The molecule has 0 aromatic carbocycles. The summed E-state index contributed by atoms with van der Waals surface area (Å²) in [5, 5.41) is 8.38. The van der Waals surface area contributed by atoms with E-state index in [1.165, 1.54) is 25.7 Å². The standard InChI is InChI=1S/C18H21N5/c1-13-4-2-3-5-15(13)21-17-6-7-18-20-12-16(23(18)22-17)14-8-10-19-11-9-14/h6-13,15H,2-5H2,1H3,(H,21,22)/t13-,15+/m1/s1. The van der Waals surface area contributed by atoms with Crippen LogP contribution in [0.15, 0.2) is 42.9 Å². The molecule has 0 spiro atoms. The van der Waals surface area contributed by atoms with E-state index < -0.39 is 0 Å². The molecule has 118 valence electrons. The molecule has 5 nitrogen and oxygen atoms in total. The molecule has 0 aliphatic heterocycles. The number of nitrogens with one attached hydrogen (secondary N) is 1. The zero-order valence-electron chi connectivity index (χ0n) is 13.3. The van der Waals surface area contributed by atoms with Crippen LogP contribution < -0.4 is 5.32 Å². The summed E-state index contributed by atoms with van der Waals surface area (Å²) in [5.74, 6) is 1.62. The zero-order chi connectivity index (χ0) is 15.6. The molecule has 1 aliphatic carbocycles. The SMILES string of the molecule is C[C@@H]1CCCC[C@@H]1Nc1ccc2ncc(-c3ccncc3)n2n1. The summed E-state index contributed by atoms with van der Waals surface area (Å²) in [4.78, 5) is 8.53. The van der Waals surface area contributed by atoms with Crippen LogP contribution in [0.4, 0.5) is 5.82 Å². The van der Waals surface area contributed by atoms with Crippen molar-refractivity contribution in [1.82, 2.24) is 19.6 Å². The van der Waals surface area contributed by atoms with E-state index in [-0.39, 0.29) is 0 Å². The number of aromatic nitrogens is 4. The maximum absolute atomic E-state index is 4.76. The van der Waals surface area contributed by atoms with Gasteiger partial charge in [0.1, 0.15) is 5.82 Å². The van der Waals surface area contributed by atoms with Crippen molar-refractivity contribution in [2.45, 2.75) is 38.6 Å². The minimum absolute atomic E-state index is 0.515. The molecule has 23 heavy (non-hydrogen) atoms. The van der Waals surface area contributed by atoms with Crippen molar-refractivity contribution >= 4 is 11.5 Å². The van der Waals surface area contributed by atoms with Crippen LogP contribution in [0.3, 0.4) is 0 Å². The Morgan fingerprint density at radius 2 is 1.91 bits per heavy atom. The highest BCUT2D eigenvalue weighted by molar-refractivity contribution is 5.63. The van der Waals surface area contributed by atoms with Crippen LogP contribution in [-0.2, 0) is 0 Å². The van der Waals surface area contributed by atoms with Crippen molar-refractivity contribution in [2.75, 3.05) is 5.32 Å². The van der Waals surface area contributed by atoms with E-state index in [2.05, 4.69) is 22.2 Å². The largest absolute Gasteiger partial charge is 0.366 e. The Hall–Kier alpha value is -2.43. The molecular formula is C18H21N5. The Bertz CT molecular complexity index is 796. The number of fused-ring (bicyclic) bond motifs is 1. The van der Waals surface area contributed by atoms with Crippen molar-refractivity contribution < 1.29 is 0 Å². The van der Waals surface area contributed by atoms with Gasteiger partial charge < -0.3 is 5.32 Å². The Labute approximate surface area is 135 Å². The van der Waals surface area contributed by atoms with E-state index in [1.807, 2.05) is 35.0 Å². The first-order valence-corrected chi connectivity index (χ1v) is 8.33. The van der Waals surface area contributed by atoms with Gasteiger partial charge in [-0.15, -0.1) is 5.10 Å². The molecule has 0 radical (unpaired) electrons. The van der Waals surface area contributed by atoms with Crippen LogP contribution in [0, 0.1) is 5.92 Å². The van der Waals surface area contributed by atoms with E-state index in [1.54, 1.807) is 12.4 Å². The van der Waals surface area contributed by atoms with Gasteiger partial charge in [-0.05, 0) is 43.0 Å². The van der Waals surface area contributed by atoms with Gasteiger partial charge in [0.2, 0.25) is 0 Å². The second-order valence-electron chi connectivity index (χ2n) is 6.38. The van der Waals surface area contributed by atoms with Crippen LogP contribution in [-0.4, -0.2) is 25.6 Å². The summed E-state index contributed by atoms with van der Waals surface area (Å²) in [6.07, 6.45) is 10.6. The molecule has 5 heteroatoms. The summed E-state index contributed by atoms with van der Waals surface area (Å²) in [6.45, 7) is 2.33. The van der Waals surface area contributed by atoms with Gasteiger partial charge in [0.25, 0.3) is 0 Å². The number of anilines is 1. The summed E-state index contributed by atoms with van der Waals surface area (Å²) in [6, 6.07) is 8.53. The Kier molecular flexibility index (Phi) is 3.69. The summed E-state index contributed by atoms with van der Waals surface area (Å²) < 4.78 is 1.91. The van der Waals surface area contributed by atoms with E-state index in [0.29, 0.717) is 12.0 Å². The van der Waals surface area contributed by atoms with Crippen LogP contribution in [0.25, 0.3) is 16.9 Å². The maximum Gasteiger partial charge on any atom is 0.154 e. The first kappa shape index (κ1) is 14.2. The smallest absolute Gasteiger partial charge is 0.154 e.